The average molecular weight is 500 g/mol. The number of carbonyl (C=O) groups excluding carboxylic acids is 1. The Morgan fingerprint density at radius 2 is 1.84 bits per heavy atom. The van der Waals surface area contributed by atoms with E-state index in [4.69, 9.17) is 20.9 Å². The molecule has 4 rings (SSSR count). The summed E-state index contributed by atoms with van der Waals surface area (Å²) in [6.45, 7) is 6.64. The van der Waals surface area contributed by atoms with Crippen molar-refractivity contribution >= 4 is 33.9 Å². The van der Waals surface area contributed by atoms with E-state index in [2.05, 4.69) is 15.6 Å². The van der Waals surface area contributed by atoms with Gasteiger partial charge in [0.25, 0.3) is 0 Å². The molecule has 4 aromatic rings. The molecule has 1 amide bonds. The van der Waals surface area contributed by atoms with Crippen LogP contribution in [-0.2, 0) is 11.3 Å². The number of anilines is 3. The predicted octanol–water partition coefficient (Wildman–Crippen LogP) is 5.05. The van der Waals surface area contributed by atoms with Gasteiger partial charge >= 0.3 is 0 Å². The number of benzene rings is 3. The molecular weight excluding hydrogens is 466 g/mol. The van der Waals surface area contributed by atoms with Crippen LogP contribution < -0.4 is 31.6 Å². The molecule has 0 spiro atoms. The average Bonchev–Trinajstić information content (AvgIpc) is 2.87. The number of carbonyl (C=O) groups is 1. The fourth-order valence-electron chi connectivity index (χ4n) is 4.08. The van der Waals surface area contributed by atoms with Crippen LogP contribution in [0.2, 0.25) is 0 Å². The van der Waals surface area contributed by atoms with Gasteiger partial charge in [-0.3, -0.25) is 4.79 Å². The van der Waals surface area contributed by atoms with E-state index in [1.54, 1.807) is 6.20 Å². The van der Waals surface area contributed by atoms with Crippen molar-refractivity contribution in [3.8, 4) is 11.5 Å². The lowest BCUT2D eigenvalue weighted by Gasteiger charge is -2.22. The Labute approximate surface area is 217 Å². The topological polar surface area (TPSA) is 125 Å². The first-order valence-electron chi connectivity index (χ1n) is 12.3. The monoisotopic (exact) mass is 499 g/mol. The Morgan fingerprint density at radius 1 is 1.00 bits per heavy atom. The largest absolute Gasteiger partial charge is 0.490 e. The van der Waals surface area contributed by atoms with Crippen LogP contribution in [-0.4, -0.2) is 23.6 Å². The van der Waals surface area contributed by atoms with Gasteiger partial charge in [-0.2, -0.15) is 0 Å². The van der Waals surface area contributed by atoms with Crippen LogP contribution in [0, 0.1) is 0 Å². The number of nitrogens with two attached hydrogens (primary N) is 2. The molecule has 0 saturated heterocycles. The first-order chi connectivity index (χ1) is 17.8. The Bertz CT molecular complexity index is 1390. The van der Waals surface area contributed by atoms with Crippen molar-refractivity contribution in [3.63, 3.8) is 0 Å². The lowest BCUT2D eigenvalue weighted by molar-refractivity contribution is -0.122. The van der Waals surface area contributed by atoms with Crippen LogP contribution in [0.15, 0.2) is 72.9 Å². The van der Waals surface area contributed by atoms with Gasteiger partial charge in [-0.05, 0) is 85.8 Å². The van der Waals surface area contributed by atoms with Gasteiger partial charge in [-0.1, -0.05) is 18.2 Å². The van der Waals surface area contributed by atoms with Crippen molar-refractivity contribution in [2.45, 2.75) is 39.5 Å². The highest BCUT2D eigenvalue weighted by Gasteiger charge is 2.23. The number of amides is 1. The zero-order valence-electron chi connectivity index (χ0n) is 21.3. The molecule has 8 heteroatoms. The fourth-order valence-corrected chi connectivity index (χ4v) is 4.08. The molecule has 1 atom stereocenters. The maximum atomic E-state index is 13.5. The third-order valence-electron chi connectivity index (χ3n) is 5.75. The first-order valence-corrected chi connectivity index (χ1v) is 12.3. The molecule has 3 aromatic carbocycles. The molecule has 8 nitrogen and oxygen atoms in total. The number of pyridine rings is 1. The third kappa shape index (κ3) is 6.41. The Morgan fingerprint density at radius 3 is 2.59 bits per heavy atom. The van der Waals surface area contributed by atoms with E-state index in [1.807, 2.05) is 87.5 Å². The minimum absolute atomic E-state index is 0.0138. The van der Waals surface area contributed by atoms with E-state index in [-0.39, 0.29) is 12.0 Å². The minimum atomic E-state index is -0.704. The van der Waals surface area contributed by atoms with Gasteiger partial charge in [-0.25, -0.2) is 4.98 Å². The summed E-state index contributed by atoms with van der Waals surface area (Å²) in [7, 11) is 0. The number of ether oxygens (including phenoxy) is 2. The number of hydrogen-bond acceptors (Lipinski definition) is 7. The smallest absolute Gasteiger partial charge is 0.247 e. The molecule has 0 aliphatic heterocycles. The van der Waals surface area contributed by atoms with E-state index in [0.29, 0.717) is 36.2 Å². The van der Waals surface area contributed by atoms with Crippen molar-refractivity contribution in [1.29, 1.82) is 0 Å². The highest BCUT2D eigenvalue weighted by molar-refractivity contribution is 5.94. The van der Waals surface area contributed by atoms with Crippen molar-refractivity contribution < 1.29 is 14.3 Å². The van der Waals surface area contributed by atoms with Gasteiger partial charge in [0.05, 0.1) is 12.7 Å². The van der Waals surface area contributed by atoms with Crippen LogP contribution in [0.4, 0.5) is 17.2 Å². The number of aromatic nitrogens is 1. The summed E-state index contributed by atoms with van der Waals surface area (Å²) >= 11 is 0. The summed E-state index contributed by atoms with van der Waals surface area (Å²) < 4.78 is 11.8. The molecule has 0 aliphatic carbocycles. The van der Waals surface area contributed by atoms with E-state index in [9.17, 15) is 4.79 Å². The predicted molar refractivity (Wildman–Crippen MR) is 149 cm³/mol. The Hall–Kier alpha value is -4.46. The van der Waals surface area contributed by atoms with Gasteiger partial charge in [0.2, 0.25) is 5.91 Å². The molecule has 0 fully saturated rings. The Balaban J connectivity index is 1.67. The molecule has 6 N–H and O–H groups in total. The normalized spacial score (nSPS) is 11.8. The molecule has 192 valence electrons. The molecular formula is C29H33N5O3. The van der Waals surface area contributed by atoms with Crippen molar-refractivity contribution in [2.24, 2.45) is 0 Å². The molecule has 1 unspecified atom stereocenters. The molecule has 0 saturated carbocycles. The molecule has 0 radical (unpaired) electrons. The van der Waals surface area contributed by atoms with Crippen LogP contribution in [0.1, 0.15) is 37.9 Å². The number of rotatable bonds is 10. The number of nitrogens with zero attached hydrogens (tertiary/aromatic N) is 1. The van der Waals surface area contributed by atoms with Crippen LogP contribution in [0.5, 0.6) is 11.5 Å². The van der Waals surface area contributed by atoms with Gasteiger partial charge in [0.1, 0.15) is 11.9 Å². The van der Waals surface area contributed by atoms with Gasteiger partial charge in [0, 0.05) is 29.5 Å². The van der Waals surface area contributed by atoms with Crippen molar-refractivity contribution in [1.82, 2.24) is 10.3 Å². The van der Waals surface area contributed by atoms with E-state index >= 15 is 0 Å². The lowest BCUT2D eigenvalue weighted by atomic mass is 10.0. The zero-order valence-corrected chi connectivity index (χ0v) is 21.3. The van der Waals surface area contributed by atoms with Crippen LogP contribution >= 0.6 is 0 Å². The second-order valence-electron chi connectivity index (χ2n) is 8.98. The van der Waals surface area contributed by atoms with Crippen LogP contribution in [0.3, 0.4) is 0 Å². The Kier molecular flexibility index (Phi) is 7.98. The second kappa shape index (κ2) is 11.5. The van der Waals surface area contributed by atoms with Gasteiger partial charge in [-0.15, -0.1) is 0 Å². The van der Waals surface area contributed by atoms with Crippen molar-refractivity contribution in [2.75, 3.05) is 23.4 Å². The summed E-state index contributed by atoms with van der Waals surface area (Å²) in [6.07, 6.45) is 1.65. The summed E-state index contributed by atoms with van der Waals surface area (Å²) in [4.78, 5) is 17.7. The molecule has 0 aliphatic rings. The number of nitrogens with one attached hydrogen (secondary N) is 2. The summed E-state index contributed by atoms with van der Waals surface area (Å²) in [5, 5.41) is 8.19. The highest BCUT2D eigenvalue weighted by Crippen LogP contribution is 2.33. The van der Waals surface area contributed by atoms with E-state index < -0.39 is 6.04 Å². The standard InChI is InChI=1S/C29H33N5O3/c1-4-36-26-16-21(8-11-25(26)37-18(2)3)27(29(35)33-17-19-6-5-7-22(30)14-19)34-23-9-10-24-20(15-23)12-13-32-28(24)31/h5-16,18,27,34H,4,17,30H2,1-3H3,(H2,31,32)(H,33,35). The SMILES string of the molecule is CCOc1cc(C(Nc2ccc3c(N)nccc3c2)C(=O)NCc2cccc(N)c2)ccc1OC(C)C. The van der Waals surface area contributed by atoms with Gasteiger partial charge in [0.15, 0.2) is 11.5 Å². The number of hydrogen-bond donors (Lipinski definition) is 4. The molecule has 37 heavy (non-hydrogen) atoms. The summed E-state index contributed by atoms with van der Waals surface area (Å²) in [6, 6.07) is 19.9. The second-order valence-corrected chi connectivity index (χ2v) is 8.98. The third-order valence-corrected chi connectivity index (χ3v) is 5.75. The van der Waals surface area contributed by atoms with Gasteiger partial charge < -0.3 is 31.6 Å². The quantitative estimate of drug-likeness (QED) is 0.225. The lowest BCUT2D eigenvalue weighted by Crippen LogP contribution is -2.33. The molecule has 0 bridgehead atoms. The zero-order chi connectivity index (χ0) is 26.4. The molecule has 1 aromatic heterocycles. The maximum absolute atomic E-state index is 13.5. The van der Waals surface area contributed by atoms with E-state index in [0.717, 1.165) is 27.6 Å². The van der Waals surface area contributed by atoms with Crippen molar-refractivity contribution in [3.05, 3.63) is 84.1 Å². The fraction of sp³-hybridized carbons (Fsp3) is 0.241. The van der Waals surface area contributed by atoms with Crippen LogP contribution in [0.25, 0.3) is 10.8 Å². The highest BCUT2D eigenvalue weighted by atomic mass is 16.5. The van der Waals surface area contributed by atoms with E-state index in [1.165, 1.54) is 0 Å². The minimum Gasteiger partial charge on any atom is -0.490 e. The number of nitrogen functional groups attached to an aromatic ring is 2. The summed E-state index contributed by atoms with van der Waals surface area (Å²) in [5.74, 6) is 1.48. The summed E-state index contributed by atoms with van der Waals surface area (Å²) in [5.41, 5.74) is 15.0. The number of fused-ring (bicyclic) bond motifs is 1. The molecule has 1 heterocycles. The first kappa shape index (κ1) is 25.6. The maximum Gasteiger partial charge on any atom is 0.247 e.